The fourth-order valence-corrected chi connectivity index (χ4v) is 2.75. The number of aryl methyl sites for hydroxylation is 1. The van der Waals surface area contributed by atoms with Crippen LogP contribution in [0.25, 0.3) is 5.82 Å². The summed E-state index contributed by atoms with van der Waals surface area (Å²) < 4.78 is 2.73. The van der Waals surface area contributed by atoms with Crippen LogP contribution in [0.4, 0.5) is 5.82 Å². The number of anilines is 1. The molecule has 2 heterocycles. The van der Waals surface area contributed by atoms with E-state index in [9.17, 15) is 4.79 Å². The summed E-state index contributed by atoms with van der Waals surface area (Å²) in [6, 6.07) is 11.2. The van der Waals surface area contributed by atoms with E-state index in [1.807, 2.05) is 43.5 Å². The average Bonchev–Trinajstić information content (AvgIpc) is 3.05. The molecule has 25 heavy (non-hydrogen) atoms. The van der Waals surface area contributed by atoms with Gasteiger partial charge in [0.15, 0.2) is 5.82 Å². The van der Waals surface area contributed by atoms with E-state index in [1.165, 1.54) is 6.33 Å². The molecule has 1 amide bonds. The van der Waals surface area contributed by atoms with Crippen molar-refractivity contribution in [3.8, 4) is 5.82 Å². The Morgan fingerprint density at radius 3 is 2.84 bits per heavy atom. The number of hydrogen-bond donors (Lipinski definition) is 2. The molecular weight excluding hydrogens is 431 g/mol. The van der Waals surface area contributed by atoms with Crippen LogP contribution in [0.5, 0.6) is 0 Å². The largest absolute Gasteiger partial charge is 0.368 e. The maximum atomic E-state index is 12.1. The lowest BCUT2D eigenvalue weighted by atomic mass is 10.2. The fraction of sp³-hybridized carbons (Fsp3) is 0.176. The molecule has 0 atom stereocenters. The Morgan fingerprint density at radius 1 is 1.20 bits per heavy atom. The summed E-state index contributed by atoms with van der Waals surface area (Å²) in [6.45, 7) is 2.97. The van der Waals surface area contributed by atoms with Crippen LogP contribution < -0.4 is 10.6 Å². The number of hydrogen-bond acceptors (Lipinski definition) is 5. The normalized spacial score (nSPS) is 10.5. The predicted octanol–water partition coefficient (Wildman–Crippen LogP) is 2.42. The zero-order valence-electron chi connectivity index (χ0n) is 13.6. The molecule has 0 radical (unpaired) electrons. The Balaban J connectivity index is 1.51. The topological polar surface area (TPSA) is 84.7 Å². The first-order chi connectivity index (χ1) is 12.1. The molecule has 0 saturated carbocycles. The Morgan fingerprint density at radius 2 is 2.08 bits per heavy atom. The van der Waals surface area contributed by atoms with E-state index in [1.54, 1.807) is 10.7 Å². The average molecular weight is 448 g/mol. The summed E-state index contributed by atoms with van der Waals surface area (Å²) in [7, 11) is 0. The third-order valence-corrected chi connectivity index (χ3v) is 4.08. The standard InChI is InChI=1S/C17H17IN6O/c1-12-5-8-24(23-12)16-10-15(21-11-22-16)19-6-7-20-17(25)13-3-2-4-14(18)9-13/h2-5,8-11H,6-7H2,1H3,(H,20,25)(H,19,21,22). The van der Waals surface area contributed by atoms with Crippen molar-refractivity contribution in [2.24, 2.45) is 0 Å². The van der Waals surface area contributed by atoms with Crippen LogP contribution in [0, 0.1) is 10.5 Å². The molecule has 0 unspecified atom stereocenters. The van der Waals surface area contributed by atoms with Crippen molar-refractivity contribution >= 4 is 34.3 Å². The maximum Gasteiger partial charge on any atom is 0.251 e. The molecule has 0 fully saturated rings. The predicted molar refractivity (Wildman–Crippen MR) is 104 cm³/mol. The van der Waals surface area contributed by atoms with Gasteiger partial charge < -0.3 is 10.6 Å². The highest BCUT2D eigenvalue weighted by atomic mass is 127. The summed E-state index contributed by atoms with van der Waals surface area (Å²) in [4.78, 5) is 20.5. The second kappa shape index (κ2) is 8.06. The Hall–Kier alpha value is -2.49. The molecule has 0 spiro atoms. The lowest BCUT2D eigenvalue weighted by Gasteiger charge is -2.08. The van der Waals surface area contributed by atoms with Crippen LogP contribution in [-0.2, 0) is 0 Å². The van der Waals surface area contributed by atoms with Crippen LogP contribution in [0.2, 0.25) is 0 Å². The van der Waals surface area contributed by atoms with E-state index in [-0.39, 0.29) is 5.91 Å². The van der Waals surface area contributed by atoms with Crippen LogP contribution in [0.15, 0.2) is 48.9 Å². The number of benzene rings is 1. The van der Waals surface area contributed by atoms with Gasteiger partial charge in [0.25, 0.3) is 5.91 Å². The van der Waals surface area contributed by atoms with E-state index in [0.717, 1.165) is 9.26 Å². The SMILES string of the molecule is Cc1ccn(-c2cc(NCCNC(=O)c3cccc(I)c3)ncn2)n1. The van der Waals surface area contributed by atoms with Gasteiger partial charge in [-0.05, 0) is 53.8 Å². The van der Waals surface area contributed by atoms with E-state index >= 15 is 0 Å². The molecule has 0 aliphatic carbocycles. The van der Waals surface area contributed by atoms with Crippen LogP contribution >= 0.6 is 22.6 Å². The van der Waals surface area contributed by atoms with Crippen LogP contribution in [0.1, 0.15) is 16.1 Å². The molecule has 3 aromatic rings. The van der Waals surface area contributed by atoms with Gasteiger partial charge in [0, 0.05) is 34.5 Å². The monoisotopic (exact) mass is 448 g/mol. The van der Waals surface area contributed by atoms with Gasteiger partial charge in [-0.3, -0.25) is 4.79 Å². The number of amides is 1. The second-order valence-electron chi connectivity index (χ2n) is 5.36. The molecule has 2 aromatic heterocycles. The minimum absolute atomic E-state index is 0.0873. The zero-order chi connectivity index (χ0) is 17.6. The number of aromatic nitrogens is 4. The minimum Gasteiger partial charge on any atom is -0.368 e. The van der Waals surface area contributed by atoms with Crippen LogP contribution in [0.3, 0.4) is 0 Å². The van der Waals surface area contributed by atoms with Gasteiger partial charge in [-0.2, -0.15) is 5.10 Å². The Bertz CT molecular complexity index is 879. The first-order valence-electron chi connectivity index (χ1n) is 7.74. The van der Waals surface area contributed by atoms with Gasteiger partial charge in [-0.1, -0.05) is 6.07 Å². The third kappa shape index (κ3) is 4.75. The second-order valence-corrected chi connectivity index (χ2v) is 6.60. The third-order valence-electron chi connectivity index (χ3n) is 3.41. The summed E-state index contributed by atoms with van der Waals surface area (Å²) in [5, 5.41) is 10.4. The zero-order valence-corrected chi connectivity index (χ0v) is 15.8. The summed E-state index contributed by atoms with van der Waals surface area (Å²) in [6.07, 6.45) is 3.34. The molecule has 2 N–H and O–H groups in total. The Kier molecular flexibility index (Phi) is 5.59. The first-order valence-corrected chi connectivity index (χ1v) is 8.82. The van der Waals surface area contributed by atoms with Crippen molar-refractivity contribution in [3.05, 3.63) is 63.7 Å². The molecule has 7 nitrogen and oxygen atoms in total. The Labute approximate surface area is 159 Å². The van der Waals surface area contributed by atoms with E-state index < -0.39 is 0 Å². The maximum absolute atomic E-state index is 12.1. The fourth-order valence-electron chi connectivity index (χ4n) is 2.21. The lowest BCUT2D eigenvalue weighted by molar-refractivity contribution is 0.0955. The summed E-state index contributed by atoms with van der Waals surface area (Å²) >= 11 is 2.19. The molecule has 0 aliphatic rings. The van der Waals surface area contributed by atoms with Gasteiger partial charge in [-0.25, -0.2) is 14.6 Å². The lowest BCUT2D eigenvalue weighted by Crippen LogP contribution is -2.29. The van der Waals surface area contributed by atoms with E-state index in [0.29, 0.717) is 30.3 Å². The highest BCUT2D eigenvalue weighted by molar-refractivity contribution is 14.1. The highest BCUT2D eigenvalue weighted by Crippen LogP contribution is 2.09. The van der Waals surface area contributed by atoms with Gasteiger partial charge >= 0.3 is 0 Å². The quantitative estimate of drug-likeness (QED) is 0.447. The number of halogens is 1. The molecule has 1 aromatic carbocycles. The molecule has 0 saturated heterocycles. The van der Waals surface area contributed by atoms with Crippen molar-refractivity contribution in [1.82, 2.24) is 25.1 Å². The van der Waals surface area contributed by atoms with Crippen molar-refractivity contribution in [2.75, 3.05) is 18.4 Å². The molecule has 0 aliphatic heterocycles. The minimum atomic E-state index is -0.0873. The number of carbonyl (C=O) groups excluding carboxylic acids is 1. The first kappa shape index (κ1) is 17.3. The number of nitrogens with one attached hydrogen (secondary N) is 2. The smallest absolute Gasteiger partial charge is 0.251 e. The van der Waals surface area contributed by atoms with Crippen molar-refractivity contribution in [1.29, 1.82) is 0 Å². The highest BCUT2D eigenvalue weighted by Gasteiger charge is 2.05. The van der Waals surface area contributed by atoms with Gasteiger partial charge in [0.2, 0.25) is 0 Å². The van der Waals surface area contributed by atoms with Gasteiger partial charge in [0.1, 0.15) is 12.1 Å². The molecular formula is C17H17IN6O. The number of nitrogens with zero attached hydrogens (tertiary/aromatic N) is 4. The molecule has 0 bridgehead atoms. The summed E-state index contributed by atoms with van der Waals surface area (Å²) in [5.41, 5.74) is 1.58. The van der Waals surface area contributed by atoms with Gasteiger partial charge in [0.05, 0.1) is 5.69 Å². The van der Waals surface area contributed by atoms with Crippen molar-refractivity contribution in [3.63, 3.8) is 0 Å². The number of rotatable bonds is 6. The number of carbonyl (C=O) groups is 1. The summed E-state index contributed by atoms with van der Waals surface area (Å²) in [5.74, 6) is 1.28. The van der Waals surface area contributed by atoms with Crippen LogP contribution in [-0.4, -0.2) is 38.7 Å². The molecule has 3 rings (SSSR count). The van der Waals surface area contributed by atoms with Crippen molar-refractivity contribution < 1.29 is 4.79 Å². The molecule has 128 valence electrons. The van der Waals surface area contributed by atoms with E-state index in [2.05, 4.69) is 48.3 Å². The van der Waals surface area contributed by atoms with E-state index in [4.69, 9.17) is 0 Å². The van der Waals surface area contributed by atoms with Crippen molar-refractivity contribution in [2.45, 2.75) is 6.92 Å². The molecule has 8 heteroatoms. The van der Waals surface area contributed by atoms with Gasteiger partial charge in [-0.15, -0.1) is 0 Å².